The number of benzene rings is 6. The van der Waals surface area contributed by atoms with Gasteiger partial charge in [0.05, 0.1) is 29.3 Å². The molecule has 0 amide bonds. The number of para-hydroxylation sites is 1. The van der Waals surface area contributed by atoms with Gasteiger partial charge in [-0.05, 0) is 109 Å². The van der Waals surface area contributed by atoms with E-state index in [1.54, 1.807) is 0 Å². The highest BCUT2D eigenvalue weighted by Gasteiger charge is 2.56. The lowest BCUT2D eigenvalue weighted by Gasteiger charge is -2.45. The second kappa shape index (κ2) is 9.23. The van der Waals surface area contributed by atoms with E-state index in [4.69, 9.17) is 8.83 Å². The minimum atomic E-state index is -0.602. The van der Waals surface area contributed by atoms with Gasteiger partial charge >= 0.3 is 0 Å². The number of hydrogen-bond donors (Lipinski definition) is 0. The SMILES string of the molecule is CC1(C)c2ccccc2-c2cc3c(cc21)N(c1ccc2c(c1)C(C)(C)c1ccc4ccccc4c1-2)c1ccccc1C31c2ccoc2-c2occc21. The predicted molar refractivity (Wildman–Crippen MR) is 209 cm³/mol. The van der Waals surface area contributed by atoms with Gasteiger partial charge in [0.1, 0.15) is 0 Å². The zero-order valence-corrected chi connectivity index (χ0v) is 29.5. The molecule has 3 aliphatic carbocycles. The van der Waals surface area contributed by atoms with E-state index in [0.29, 0.717) is 0 Å². The van der Waals surface area contributed by atoms with Crippen molar-refractivity contribution in [2.24, 2.45) is 0 Å². The van der Waals surface area contributed by atoms with Gasteiger partial charge in [-0.3, -0.25) is 0 Å². The lowest BCUT2D eigenvalue weighted by atomic mass is 9.64. The topological polar surface area (TPSA) is 29.5 Å². The maximum Gasteiger partial charge on any atom is 0.174 e. The molecule has 3 nitrogen and oxygen atoms in total. The molecule has 52 heavy (non-hydrogen) atoms. The van der Waals surface area contributed by atoms with Crippen LogP contribution >= 0.6 is 0 Å². The second-order valence-corrected chi connectivity index (χ2v) is 16.1. The van der Waals surface area contributed by atoms with Gasteiger partial charge in [0, 0.05) is 27.6 Å². The van der Waals surface area contributed by atoms with Crippen LogP contribution < -0.4 is 4.90 Å². The fourth-order valence-corrected chi connectivity index (χ4v) is 10.7. The third-order valence-electron chi connectivity index (χ3n) is 13.0. The Morgan fingerprint density at radius 2 is 1.12 bits per heavy atom. The van der Waals surface area contributed by atoms with Gasteiger partial charge in [0.25, 0.3) is 0 Å². The molecule has 8 aromatic rings. The number of nitrogens with zero attached hydrogens (tertiary/aromatic N) is 1. The van der Waals surface area contributed by atoms with Gasteiger partial charge in [0.15, 0.2) is 11.5 Å². The third kappa shape index (κ3) is 3.13. The monoisotopic (exact) mass is 669 g/mol. The van der Waals surface area contributed by atoms with E-state index in [1.807, 2.05) is 12.5 Å². The molecule has 3 heteroatoms. The Balaban J connectivity index is 1.18. The second-order valence-electron chi connectivity index (χ2n) is 16.1. The lowest BCUT2D eigenvalue weighted by Crippen LogP contribution is -2.36. The smallest absolute Gasteiger partial charge is 0.174 e. The van der Waals surface area contributed by atoms with E-state index in [-0.39, 0.29) is 10.8 Å². The summed E-state index contributed by atoms with van der Waals surface area (Å²) in [4.78, 5) is 2.53. The number of furan rings is 2. The summed E-state index contributed by atoms with van der Waals surface area (Å²) in [6, 6.07) is 47.9. The molecular weight excluding hydrogens is 635 g/mol. The van der Waals surface area contributed by atoms with Crippen molar-refractivity contribution in [3.8, 4) is 33.8 Å². The number of anilines is 3. The first-order valence-electron chi connectivity index (χ1n) is 18.3. The fraction of sp³-hybridized carbons (Fsp3) is 0.143. The van der Waals surface area contributed by atoms with Crippen molar-refractivity contribution < 1.29 is 8.83 Å². The third-order valence-corrected chi connectivity index (χ3v) is 13.0. The van der Waals surface area contributed by atoms with Gasteiger partial charge < -0.3 is 13.7 Å². The average molecular weight is 670 g/mol. The van der Waals surface area contributed by atoms with Crippen molar-refractivity contribution in [3.05, 3.63) is 184 Å². The van der Waals surface area contributed by atoms with Crippen LogP contribution in [0, 0.1) is 0 Å². The van der Waals surface area contributed by atoms with Gasteiger partial charge in [-0.25, -0.2) is 0 Å². The molecule has 4 aliphatic rings. The Morgan fingerprint density at radius 1 is 0.442 bits per heavy atom. The Labute approximate surface area is 302 Å². The highest BCUT2D eigenvalue weighted by molar-refractivity contribution is 6.04. The van der Waals surface area contributed by atoms with E-state index in [2.05, 4.69) is 160 Å². The average Bonchev–Trinajstić information content (AvgIpc) is 3.97. The molecule has 0 fully saturated rings. The summed E-state index contributed by atoms with van der Waals surface area (Å²) in [6.45, 7) is 9.52. The summed E-state index contributed by atoms with van der Waals surface area (Å²) in [6.07, 6.45) is 3.64. The van der Waals surface area contributed by atoms with Crippen LogP contribution in [0.1, 0.15) is 72.2 Å². The molecule has 0 radical (unpaired) electrons. The lowest BCUT2D eigenvalue weighted by molar-refractivity contribution is 0.525. The van der Waals surface area contributed by atoms with Crippen molar-refractivity contribution in [1.82, 2.24) is 0 Å². The first-order valence-corrected chi connectivity index (χ1v) is 18.3. The Kier molecular flexibility index (Phi) is 5.08. The van der Waals surface area contributed by atoms with E-state index >= 15 is 0 Å². The normalized spacial score (nSPS) is 16.9. The molecule has 12 rings (SSSR count). The van der Waals surface area contributed by atoms with E-state index in [0.717, 1.165) is 22.6 Å². The van der Waals surface area contributed by atoms with Crippen LogP contribution in [0.25, 0.3) is 44.5 Å². The van der Waals surface area contributed by atoms with Crippen molar-refractivity contribution in [2.75, 3.05) is 4.90 Å². The van der Waals surface area contributed by atoms with E-state index in [9.17, 15) is 0 Å². The maximum atomic E-state index is 6.24. The predicted octanol–water partition coefficient (Wildman–Crippen LogP) is 12.8. The standard InChI is InChI=1S/C49H35NO2/c1-47(2)34-14-8-7-13-31(34)33-26-41-43(27-40(33)47)50(42-16-10-9-15-35(42)49(41)37-21-23-51-45(37)46-38(49)22-24-52-46)29-18-19-32-39(25-29)48(3,4)36-20-17-28-11-5-6-12-30(28)44(32)36/h5-27H,1-4H3. The van der Waals surface area contributed by atoms with Crippen molar-refractivity contribution in [1.29, 1.82) is 0 Å². The van der Waals surface area contributed by atoms with Crippen LogP contribution in [0.4, 0.5) is 17.1 Å². The van der Waals surface area contributed by atoms with Crippen LogP contribution in [0.2, 0.25) is 0 Å². The van der Waals surface area contributed by atoms with Gasteiger partial charge in [0.2, 0.25) is 0 Å². The van der Waals surface area contributed by atoms with Crippen molar-refractivity contribution in [3.63, 3.8) is 0 Å². The molecule has 6 aromatic carbocycles. The van der Waals surface area contributed by atoms with E-state index in [1.165, 1.54) is 83.5 Å². The molecule has 1 spiro atoms. The Morgan fingerprint density at radius 3 is 1.92 bits per heavy atom. The molecular formula is C49H35NO2. The van der Waals surface area contributed by atoms with Crippen LogP contribution in [-0.4, -0.2) is 0 Å². The van der Waals surface area contributed by atoms with Gasteiger partial charge in [-0.15, -0.1) is 0 Å². The number of hydrogen-bond acceptors (Lipinski definition) is 3. The molecule has 3 heterocycles. The molecule has 0 N–H and O–H groups in total. The zero-order valence-electron chi connectivity index (χ0n) is 29.5. The molecule has 0 unspecified atom stereocenters. The summed E-state index contributed by atoms with van der Waals surface area (Å²) in [5.74, 6) is 1.64. The summed E-state index contributed by atoms with van der Waals surface area (Å²) in [5, 5.41) is 2.60. The molecule has 2 aromatic heterocycles. The van der Waals surface area contributed by atoms with Crippen molar-refractivity contribution in [2.45, 2.75) is 43.9 Å². The highest BCUT2D eigenvalue weighted by atomic mass is 16.4. The molecule has 0 saturated heterocycles. The van der Waals surface area contributed by atoms with Crippen LogP contribution in [0.15, 0.2) is 149 Å². The quantitative estimate of drug-likeness (QED) is 0.174. The number of rotatable bonds is 1. The largest absolute Gasteiger partial charge is 0.461 e. The van der Waals surface area contributed by atoms with Crippen LogP contribution in [0.3, 0.4) is 0 Å². The van der Waals surface area contributed by atoms with Crippen molar-refractivity contribution >= 4 is 27.8 Å². The van der Waals surface area contributed by atoms with Crippen LogP contribution in [-0.2, 0) is 16.2 Å². The maximum absolute atomic E-state index is 6.24. The first-order chi connectivity index (χ1) is 25.3. The summed E-state index contributed by atoms with van der Waals surface area (Å²) in [7, 11) is 0. The molecule has 0 atom stereocenters. The Hall–Kier alpha value is -6.06. The number of fused-ring (bicyclic) bond motifs is 17. The van der Waals surface area contributed by atoms with Gasteiger partial charge in [-0.2, -0.15) is 0 Å². The highest BCUT2D eigenvalue weighted by Crippen LogP contribution is 2.66. The Bertz CT molecular complexity index is 2840. The summed E-state index contributed by atoms with van der Waals surface area (Å²) >= 11 is 0. The fourth-order valence-electron chi connectivity index (χ4n) is 10.7. The van der Waals surface area contributed by atoms with E-state index < -0.39 is 5.41 Å². The first kappa shape index (κ1) is 28.6. The van der Waals surface area contributed by atoms with Crippen LogP contribution in [0.5, 0.6) is 0 Å². The molecule has 248 valence electrons. The minimum Gasteiger partial charge on any atom is -0.461 e. The molecule has 0 saturated carbocycles. The zero-order chi connectivity index (χ0) is 34.7. The molecule has 1 aliphatic heterocycles. The minimum absolute atomic E-state index is 0.156. The molecule has 0 bridgehead atoms. The summed E-state index contributed by atoms with van der Waals surface area (Å²) < 4.78 is 12.5. The van der Waals surface area contributed by atoms with Gasteiger partial charge in [-0.1, -0.05) is 113 Å². The summed E-state index contributed by atoms with van der Waals surface area (Å²) in [5.41, 5.74) is 18.1.